The van der Waals surface area contributed by atoms with Gasteiger partial charge >= 0.3 is 12.0 Å². The molecule has 0 saturated heterocycles. The number of hydrazine groups is 1. The standard InChI is InChI=1S/C26H34N4O5/c1-18(2)19-6-4-8-23(14-19)32-12-10-20-16-34-25(27-20)29-30-26-28-21(17-35-26)11-13-33-24-9-5-7-22(15-24)31-3/h4-9,14-15,18,20-21H,10-13,16-17H2,1-3H3,(H,27,29)(H,28,30)/t20-,21?/m0/s1. The fourth-order valence-corrected chi connectivity index (χ4v) is 3.65. The Labute approximate surface area is 206 Å². The summed E-state index contributed by atoms with van der Waals surface area (Å²) in [6.45, 7) is 6.47. The highest BCUT2D eigenvalue weighted by molar-refractivity contribution is 5.81. The molecule has 188 valence electrons. The second-order valence-electron chi connectivity index (χ2n) is 8.73. The third-order valence-electron chi connectivity index (χ3n) is 5.71. The van der Waals surface area contributed by atoms with Crippen molar-refractivity contribution in [2.24, 2.45) is 9.98 Å². The van der Waals surface area contributed by atoms with E-state index in [-0.39, 0.29) is 12.1 Å². The van der Waals surface area contributed by atoms with Gasteiger partial charge in [0, 0.05) is 18.9 Å². The lowest BCUT2D eigenvalue weighted by molar-refractivity contribution is 0.254. The second kappa shape index (κ2) is 12.2. The quantitative estimate of drug-likeness (QED) is 0.499. The van der Waals surface area contributed by atoms with Crippen LogP contribution in [0.25, 0.3) is 0 Å². The molecule has 2 aliphatic rings. The Morgan fingerprint density at radius 3 is 1.94 bits per heavy atom. The normalized spacial score (nSPS) is 18.9. The average molecular weight is 483 g/mol. The largest absolute Gasteiger partial charge is 0.497 e. The Kier molecular flexibility index (Phi) is 8.53. The van der Waals surface area contributed by atoms with Crippen molar-refractivity contribution in [1.82, 2.24) is 10.9 Å². The smallest absolute Gasteiger partial charge is 0.304 e. The van der Waals surface area contributed by atoms with Crippen molar-refractivity contribution in [3.63, 3.8) is 0 Å². The van der Waals surface area contributed by atoms with Crippen LogP contribution in [-0.4, -0.2) is 57.7 Å². The molecule has 0 radical (unpaired) electrons. The number of rotatable bonds is 10. The number of amidine groups is 2. The Hall–Kier alpha value is -3.62. The predicted molar refractivity (Wildman–Crippen MR) is 134 cm³/mol. The summed E-state index contributed by atoms with van der Waals surface area (Å²) < 4.78 is 28.1. The van der Waals surface area contributed by atoms with Gasteiger partial charge in [0.1, 0.15) is 30.5 Å². The van der Waals surface area contributed by atoms with Crippen molar-refractivity contribution in [1.29, 1.82) is 0 Å². The summed E-state index contributed by atoms with van der Waals surface area (Å²) in [5, 5.41) is 0. The first-order valence-corrected chi connectivity index (χ1v) is 12.0. The van der Waals surface area contributed by atoms with E-state index in [9.17, 15) is 0 Å². The van der Waals surface area contributed by atoms with Gasteiger partial charge in [0.2, 0.25) is 0 Å². The second-order valence-corrected chi connectivity index (χ2v) is 8.73. The molecule has 2 atom stereocenters. The summed E-state index contributed by atoms with van der Waals surface area (Å²) in [6, 6.07) is 16.7. The van der Waals surface area contributed by atoms with Crippen LogP contribution in [0.3, 0.4) is 0 Å². The Morgan fingerprint density at radius 1 is 0.829 bits per heavy atom. The number of hydrogen-bond donors (Lipinski definition) is 2. The number of aliphatic imine (C=N–C) groups is 2. The monoisotopic (exact) mass is 482 g/mol. The van der Waals surface area contributed by atoms with Crippen LogP contribution in [0.15, 0.2) is 58.5 Å². The molecule has 9 nitrogen and oxygen atoms in total. The minimum Gasteiger partial charge on any atom is -0.497 e. The Balaban J connectivity index is 1.13. The lowest BCUT2D eigenvalue weighted by Crippen LogP contribution is -2.41. The zero-order valence-electron chi connectivity index (χ0n) is 20.5. The van der Waals surface area contributed by atoms with Gasteiger partial charge in [0.15, 0.2) is 0 Å². The molecule has 4 rings (SSSR count). The van der Waals surface area contributed by atoms with Gasteiger partial charge in [-0.15, -0.1) is 0 Å². The van der Waals surface area contributed by atoms with Crippen LogP contribution in [0.1, 0.15) is 38.2 Å². The molecular formula is C26H34N4O5. The molecule has 0 aliphatic carbocycles. The van der Waals surface area contributed by atoms with E-state index < -0.39 is 0 Å². The Bertz CT molecular complexity index is 1030. The Morgan fingerprint density at radius 2 is 1.37 bits per heavy atom. The SMILES string of the molecule is COc1cccc(OCCC2COC(NNC3=N[C@@H](CCOc4cccc(C(C)C)c4)CO3)=N2)c1. The van der Waals surface area contributed by atoms with Gasteiger partial charge in [0.25, 0.3) is 0 Å². The number of ether oxygens (including phenoxy) is 5. The highest BCUT2D eigenvalue weighted by Crippen LogP contribution is 2.21. The molecule has 2 aromatic rings. The van der Waals surface area contributed by atoms with Crippen LogP contribution in [0.2, 0.25) is 0 Å². The third-order valence-corrected chi connectivity index (χ3v) is 5.71. The van der Waals surface area contributed by atoms with Crippen molar-refractivity contribution >= 4 is 12.0 Å². The molecule has 0 fully saturated rings. The lowest BCUT2D eigenvalue weighted by atomic mass is 10.0. The molecule has 0 saturated carbocycles. The van der Waals surface area contributed by atoms with Crippen molar-refractivity contribution in [2.75, 3.05) is 33.5 Å². The van der Waals surface area contributed by atoms with E-state index in [1.165, 1.54) is 5.56 Å². The third kappa shape index (κ3) is 7.43. The van der Waals surface area contributed by atoms with Crippen LogP contribution in [0.5, 0.6) is 17.2 Å². The predicted octanol–water partition coefficient (Wildman–Crippen LogP) is 3.66. The molecular weight excluding hydrogens is 448 g/mol. The van der Waals surface area contributed by atoms with E-state index in [1.54, 1.807) is 7.11 Å². The minimum atomic E-state index is 0.0236. The topological polar surface area (TPSA) is 94.9 Å². The molecule has 0 bridgehead atoms. The maximum absolute atomic E-state index is 5.90. The van der Waals surface area contributed by atoms with Crippen LogP contribution >= 0.6 is 0 Å². The van der Waals surface area contributed by atoms with E-state index in [0.717, 1.165) is 30.1 Å². The van der Waals surface area contributed by atoms with Gasteiger partial charge in [-0.2, -0.15) is 0 Å². The van der Waals surface area contributed by atoms with Gasteiger partial charge in [-0.1, -0.05) is 32.0 Å². The first kappa shape index (κ1) is 24.5. The molecule has 0 aromatic heterocycles. The van der Waals surface area contributed by atoms with Crippen molar-refractivity contribution < 1.29 is 23.7 Å². The first-order valence-electron chi connectivity index (χ1n) is 12.0. The first-order chi connectivity index (χ1) is 17.1. The summed E-state index contributed by atoms with van der Waals surface area (Å²) in [7, 11) is 1.64. The molecule has 2 N–H and O–H groups in total. The van der Waals surface area contributed by atoms with Crippen molar-refractivity contribution in [3.8, 4) is 17.2 Å². The molecule has 35 heavy (non-hydrogen) atoms. The summed E-state index contributed by atoms with van der Waals surface area (Å²) in [4.78, 5) is 9.06. The number of hydrogen-bond acceptors (Lipinski definition) is 9. The van der Waals surface area contributed by atoms with Crippen molar-refractivity contribution in [2.45, 2.75) is 44.7 Å². The zero-order chi connectivity index (χ0) is 24.5. The minimum absolute atomic E-state index is 0.0236. The average Bonchev–Trinajstić information content (AvgIpc) is 3.52. The van der Waals surface area contributed by atoms with Crippen LogP contribution in [0, 0.1) is 0 Å². The summed E-state index contributed by atoms with van der Waals surface area (Å²) in [5.74, 6) is 2.90. The lowest BCUT2D eigenvalue weighted by Gasteiger charge is -2.10. The number of nitrogens with zero attached hydrogens (tertiary/aromatic N) is 2. The molecule has 2 aromatic carbocycles. The fourth-order valence-electron chi connectivity index (χ4n) is 3.65. The van der Waals surface area contributed by atoms with Crippen LogP contribution in [-0.2, 0) is 9.47 Å². The van der Waals surface area contributed by atoms with Gasteiger partial charge in [0.05, 0.1) is 32.4 Å². The number of nitrogens with one attached hydrogen (secondary N) is 2. The highest BCUT2D eigenvalue weighted by Gasteiger charge is 2.22. The molecule has 0 spiro atoms. The number of methoxy groups -OCH3 is 1. The molecule has 2 heterocycles. The van der Waals surface area contributed by atoms with Crippen LogP contribution in [0.4, 0.5) is 0 Å². The van der Waals surface area contributed by atoms with Gasteiger partial charge in [-0.05, 0) is 35.7 Å². The van der Waals surface area contributed by atoms with Gasteiger partial charge < -0.3 is 23.7 Å². The van der Waals surface area contributed by atoms with Gasteiger partial charge in [-0.25, -0.2) is 20.8 Å². The van der Waals surface area contributed by atoms with Crippen molar-refractivity contribution in [3.05, 3.63) is 54.1 Å². The van der Waals surface area contributed by atoms with E-state index >= 15 is 0 Å². The summed E-state index contributed by atoms with van der Waals surface area (Å²) >= 11 is 0. The van der Waals surface area contributed by atoms with E-state index in [0.29, 0.717) is 44.4 Å². The molecule has 9 heteroatoms. The zero-order valence-corrected chi connectivity index (χ0v) is 20.5. The molecule has 2 aliphatic heterocycles. The molecule has 0 amide bonds. The van der Waals surface area contributed by atoms with E-state index in [2.05, 4.69) is 46.8 Å². The summed E-state index contributed by atoms with van der Waals surface area (Å²) in [5.41, 5.74) is 7.13. The molecule has 1 unspecified atom stereocenters. The van der Waals surface area contributed by atoms with Gasteiger partial charge in [-0.3, -0.25) is 0 Å². The maximum Gasteiger partial charge on any atom is 0.304 e. The fraction of sp³-hybridized carbons (Fsp3) is 0.462. The van der Waals surface area contributed by atoms with E-state index in [1.807, 2.05) is 36.4 Å². The van der Waals surface area contributed by atoms with Crippen LogP contribution < -0.4 is 25.1 Å². The maximum atomic E-state index is 5.90. The highest BCUT2D eigenvalue weighted by atomic mass is 16.5. The van der Waals surface area contributed by atoms with E-state index in [4.69, 9.17) is 23.7 Å². The number of benzene rings is 2. The summed E-state index contributed by atoms with van der Waals surface area (Å²) in [6.07, 6.45) is 1.51.